The Labute approximate surface area is 109 Å². The molecule has 0 radical (unpaired) electrons. The first-order valence-corrected chi connectivity index (χ1v) is 6.72. The van der Waals surface area contributed by atoms with E-state index in [0.717, 1.165) is 17.8 Å². The Morgan fingerprint density at radius 3 is 2.72 bits per heavy atom. The minimum absolute atomic E-state index is 0.0346. The second-order valence-corrected chi connectivity index (χ2v) is 4.80. The van der Waals surface area contributed by atoms with Crippen molar-refractivity contribution in [3.05, 3.63) is 23.4 Å². The molecule has 0 aliphatic carbocycles. The molecule has 100 valence electrons. The normalized spacial score (nSPS) is 16.8. The molecule has 0 aromatic carbocycles. The van der Waals surface area contributed by atoms with Gasteiger partial charge in [0.2, 0.25) is 5.88 Å². The number of hydrogen-bond acceptors (Lipinski definition) is 4. The zero-order chi connectivity index (χ0) is 12.8. The maximum atomic E-state index is 9.07. The molecule has 1 aliphatic heterocycles. The van der Waals surface area contributed by atoms with Gasteiger partial charge in [0.25, 0.3) is 0 Å². The van der Waals surface area contributed by atoms with E-state index in [9.17, 15) is 0 Å². The fraction of sp³-hybridized carbons (Fsp3) is 0.643. The maximum absolute atomic E-state index is 9.07. The van der Waals surface area contributed by atoms with E-state index in [1.807, 2.05) is 19.1 Å². The van der Waals surface area contributed by atoms with Crippen LogP contribution < -0.4 is 4.74 Å². The highest BCUT2D eigenvalue weighted by Gasteiger charge is 2.09. The second-order valence-electron chi connectivity index (χ2n) is 4.80. The third-order valence-corrected chi connectivity index (χ3v) is 3.45. The molecule has 1 N–H and O–H groups in total. The molecule has 0 atom stereocenters. The Balaban J connectivity index is 1.77. The van der Waals surface area contributed by atoms with Crippen LogP contribution in [0.5, 0.6) is 5.88 Å². The number of piperidine rings is 1. The second kappa shape index (κ2) is 6.71. The van der Waals surface area contributed by atoms with Crippen LogP contribution in [0.3, 0.4) is 0 Å². The van der Waals surface area contributed by atoms with Crippen LogP contribution in [0, 0.1) is 6.92 Å². The summed E-state index contributed by atoms with van der Waals surface area (Å²) in [7, 11) is 0. The first-order chi connectivity index (χ1) is 8.79. The number of aliphatic hydroxyl groups excluding tert-OH is 1. The van der Waals surface area contributed by atoms with E-state index >= 15 is 0 Å². The van der Waals surface area contributed by atoms with Crippen molar-refractivity contribution >= 4 is 0 Å². The minimum atomic E-state index is 0.0346. The van der Waals surface area contributed by atoms with E-state index in [1.165, 1.54) is 32.4 Å². The lowest BCUT2D eigenvalue weighted by Gasteiger charge is -2.26. The molecule has 1 fully saturated rings. The average Bonchev–Trinajstić information content (AvgIpc) is 2.40. The Morgan fingerprint density at radius 1 is 1.28 bits per heavy atom. The standard InChI is InChI=1S/C14H22N2O2/c1-12-13(11-17)5-6-14(15-12)18-10-9-16-7-3-2-4-8-16/h5-6,17H,2-4,7-11H2,1H3. The van der Waals surface area contributed by atoms with Crippen molar-refractivity contribution in [2.45, 2.75) is 32.8 Å². The number of rotatable bonds is 5. The molecule has 18 heavy (non-hydrogen) atoms. The van der Waals surface area contributed by atoms with Crippen LogP contribution in [0.25, 0.3) is 0 Å². The third kappa shape index (κ3) is 3.68. The molecular weight excluding hydrogens is 228 g/mol. The smallest absolute Gasteiger partial charge is 0.213 e. The molecule has 0 saturated carbocycles. The van der Waals surface area contributed by atoms with E-state index in [-0.39, 0.29) is 6.61 Å². The van der Waals surface area contributed by atoms with Gasteiger partial charge >= 0.3 is 0 Å². The average molecular weight is 250 g/mol. The van der Waals surface area contributed by atoms with Crippen molar-refractivity contribution in [3.63, 3.8) is 0 Å². The van der Waals surface area contributed by atoms with Crippen molar-refractivity contribution in [1.82, 2.24) is 9.88 Å². The molecule has 1 saturated heterocycles. The predicted octanol–water partition coefficient (Wildman–Crippen LogP) is 1.75. The maximum Gasteiger partial charge on any atom is 0.213 e. The van der Waals surface area contributed by atoms with E-state index in [0.29, 0.717) is 12.5 Å². The van der Waals surface area contributed by atoms with Gasteiger partial charge in [-0.2, -0.15) is 0 Å². The lowest BCUT2D eigenvalue weighted by Crippen LogP contribution is -2.33. The molecule has 1 aromatic rings. The zero-order valence-corrected chi connectivity index (χ0v) is 11.1. The van der Waals surface area contributed by atoms with Crippen LogP contribution in [0.4, 0.5) is 0 Å². The van der Waals surface area contributed by atoms with Crippen LogP contribution >= 0.6 is 0 Å². The fourth-order valence-corrected chi connectivity index (χ4v) is 2.28. The summed E-state index contributed by atoms with van der Waals surface area (Å²) < 4.78 is 5.65. The van der Waals surface area contributed by atoms with Gasteiger partial charge in [0.1, 0.15) is 6.61 Å². The van der Waals surface area contributed by atoms with Crippen molar-refractivity contribution in [2.75, 3.05) is 26.2 Å². The molecule has 2 heterocycles. The summed E-state index contributed by atoms with van der Waals surface area (Å²) >= 11 is 0. The number of likely N-dealkylation sites (tertiary alicyclic amines) is 1. The Morgan fingerprint density at radius 2 is 2.06 bits per heavy atom. The van der Waals surface area contributed by atoms with Crippen LogP contribution in [0.1, 0.15) is 30.5 Å². The number of aromatic nitrogens is 1. The highest BCUT2D eigenvalue weighted by molar-refractivity contribution is 5.24. The van der Waals surface area contributed by atoms with E-state index in [4.69, 9.17) is 9.84 Å². The van der Waals surface area contributed by atoms with Gasteiger partial charge in [0.15, 0.2) is 0 Å². The summed E-state index contributed by atoms with van der Waals surface area (Å²) in [5.41, 5.74) is 1.70. The van der Waals surface area contributed by atoms with Gasteiger partial charge in [-0.15, -0.1) is 0 Å². The molecule has 0 unspecified atom stereocenters. The summed E-state index contributed by atoms with van der Waals surface area (Å²) in [5.74, 6) is 0.654. The van der Waals surface area contributed by atoms with Gasteiger partial charge in [-0.25, -0.2) is 4.98 Å². The highest BCUT2D eigenvalue weighted by atomic mass is 16.5. The Kier molecular flexibility index (Phi) is 4.96. The molecule has 4 heteroatoms. The Bertz CT molecular complexity index is 376. The molecule has 2 rings (SSSR count). The van der Waals surface area contributed by atoms with E-state index in [2.05, 4.69) is 9.88 Å². The van der Waals surface area contributed by atoms with E-state index in [1.54, 1.807) is 0 Å². The van der Waals surface area contributed by atoms with Crippen LogP contribution in [-0.2, 0) is 6.61 Å². The molecule has 1 aliphatic rings. The number of aryl methyl sites for hydroxylation is 1. The van der Waals surface area contributed by atoms with Gasteiger partial charge in [0, 0.05) is 18.3 Å². The first kappa shape index (κ1) is 13.3. The lowest BCUT2D eigenvalue weighted by atomic mass is 10.1. The quantitative estimate of drug-likeness (QED) is 0.864. The number of pyridine rings is 1. The zero-order valence-electron chi connectivity index (χ0n) is 11.1. The topological polar surface area (TPSA) is 45.6 Å². The van der Waals surface area contributed by atoms with Gasteiger partial charge in [-0.1, -0.05) is 6.42 Å². The third-order valence-electron chi connectivity index (χ3n) is 3.45. The number of hydrogen-bond donors (Lipinski definition) is 1. The summed E-state index contributed by atoms with van der Waals surface area (Å²) in [6.45, 7) is 5.97. The van der Waals surface area contributed by atoms with Crippen molar-refractivity contribution in [3.8, 4) is 5.88 Å². The number of ether oxygens (including phenoxy) is 1. The summed E-state index contributed by atoms with van der Waals surface area (Å²) in [6, 6.07) is 3.70. The molecule has 0 spiro atoms. The molecule has 0 amide bonds. The monoisotopic (exact) mass is 250 g/mol. The Hall–Kier alpha value is -1.13. The molecule has 4 nitrogen and oxygen atoms in total. The summed E-state index contributed by atoms with van der Waals surface area (Å²) in [6.07, 6.45) is 3.98. The van der Waals surface area contributed by atoms with Gasteiger partial charge < -0.3 is 9.84 Å². The van der Waals surface area contributed by atoms with Crippen molar-refractivity contribution < 1.29 is 9.84 Å². The van der Waals surface area contributed by atoms with Crippen molar-refractivity contribution in [1.29, 1.82) is 0 Å². The van der Waals surface area contributed by atoms with Crippen LogP contribution in [-0.4, -0.2) is 41.2 Å². The van der Waals surface area contributed by atoms with Gasteiger partial charge in [-0.05, 0) is 44.5 Å². The van der Waals surface area contributed by atoms with E-state index < -0.39 is 0 Å². The first-order valence-electron chi connectivity index (χ1n) is 6.72. The van der Waals surface area contributed by atoms with Crippen molar-refractivity contribution in [2.24, 2.45) is 0 Å². The minimum Gasteiger partial charge on any atom is -0.476 e. The summed E-state index contributed by atoms with van der Waals surface area (Å²) in [5, 5.41) is 9.07. The predicted molar refractivity (Wildman–Crippen MR) is 70.7 cm³/mol. The largest absolute Gasteiger partial charge is 0.476 e. The SMILES string of the molecule is Cc1nc(OCCN2CCCCC2)ccc1CO. The molecular formula is C14H22N2O2. The number of nitrogens with zero attached hydrogens (tertiary/aromatic N) is 2. The van der Waals surface area contributed by atoms with Crippen LogP contribution in [0.2, 0.25) is 0 Å². The van der Waals surface area contributed by atoms with Crippen LogP contribution in [0.15, 0.2) is 12.1 Å². The number of aliphatic hydroxyl groups is 1. The molecule has 1 aromatic heterocycles. The molecule has 0 bridgehead atoms. The highest BCUT2D eigenvalue weighted by Crippen LogP contribution is 2.13. The fourth-order valence-electron chi connectivity index (χ4n) is 2.28. The van der Waals surface area contributed by atoms with Gasteiger partial charge in [0.05, 0.1) is 6.61 Å². The van der Waals surface area contributed by atoms with Gasteiger partial charge in [-0.3, -0.25) is 4.90 Å². The summed E-state index contributed by atoms with van der Waals surface area (Å²) in [4.78, 5) is 6.77. The lowest BCUT2D eigenvalue weighted by molar-refractivity contribution is 0.180.